The molecular weight excluding hydrogens is 276 g/mol. The third kappa shape index (κ3) is 2.72. The zero-order valence-corrected chi connectivity index (χ0v) is 11.8. The van der Waals surface area contributed by atoms with Gasteiger partial charge in [-0.05, 0) is 38.4 Å². The highest BCUT2D eigenvalue weighted by Crippen LogP contribution is 2.24. The minimum Gasteiger partial charge on any atom is -0.396 e. The van der Waals surface area contributed by atoms with Crippen molar-refractivity contribution in [3.63, 3.8) is 0 Å². The molecule has 2 N–H and O–H groups in total. The Hall–Kier alpha value is -1.69. The molecule has 1 aromatic rings. The van der Waals surface area contributed by atoms with Crippen LogP contribution in [0.1, 0.15) is 29.6 Å². The standard InChI is InChI=1S/C15H19F2N3O/c16-12-8-13(17)14(18)7-11(12)15(21)20-6-3-10(9-20)19-4-1-2-5-19/h7-8,10H,1-6,9,18H2. The van der Waals surface area contributed by atoms with Gasteiger partial charge >= 0.3 is 0 Å². The molecule has 0 aliphatic carbocycles. The third-order valence-electron chi connectivity index (χ3n) is 4.42. The van der Waals surface area contributed by atoms with Crippen LogP contribution in [-0.2, 0) is 0 Å². The van der Waals surface area contributed by atoms with Crippen LogP contribution >= 0.6 is 0 Å². The van der Waals surface area contributed by atoms with Crippen LogP contribution in [0.25, 0.3) is 0 Å². The maximum atomic E-state index is 13.8. The number of hydrogen-bond acceptors (Lipinski definition) is 3. The lowest BCUT2D eigenvalue weighted by molar-refractivity contribution is 0.0775. The minimum absolute atomic E-state index is 0.143. The van der Waals surface area contributed by atoms with Crippen molar-refractivity contribution in [1.82, 2.24) is 9.80 Å². The molecule has 4 nitrogen and oxygen atoms in total. The monoisotopic (exact) mass is 295 g/mol. The minimum atomic E-state index is -0.851. The number of carbonyl (C=O) groups excluding carboxylic acids is 1. The lowest BCUT2D eigenvalue weighted by Gasteiger charge is -2.23. The SMILES string of the molecule is Nc1cc(C(=O)N2CCC(N3CCCC3)C2)c(F)cc1F. The van der Waals surface area contributed by atoms with Crippen molar-refractivity contribution in [2.45, 2.75) is 25.3 Å². The number of hydrogen-bond donors (Lipinski definition) is 1. The van der Waals surface area contributed by atoms with Gasteiger partial charge < -0.3 is 10.6 Å². The topological polar surface area (TPSA) is 49.6 Å². The molecular formula is C15H19F2N3O. The highest BCUT2D eigenvalue weighted by atomic mass is 19.1. The van der Waals surface area contributed by atoms with E-state index in [1.807, 2.05) is 0 Å². The second-order valence-corrected chi connectivity index (χ2v) is 5.79. The van der Waals surface area contributed by atoms with Crippen molar-refractivity contribution in [2.75, 3.05) is 31.9 Å². The van der Waals surface area contributed by atoms with E-state index in [2.05, 4.69) is 4.90 Å². The third-order valence-corrected chi connectivity index (χ3v) is 4.42. The molecule has 1 atom stereocenters. The van der Waals surface area contributed by atoms with Crippen LogP contribution in [0.3, 0.4) is 0 Å². The van der Waals surface area contributed by atoms with Crippen molar-refractivity contribution < 1.29 is 13.6 Å². The number of nitrogens with zero attached hydrogens (tertiary/aromatic N) is 2. The molecule has 0 spiro atoms. The Bertz CT molecular complexity index is 558. The van der Waals surface area contributed by atoms with Gasteiger partial charge in [0.25, 0.3) is 5.91 Å². The fourth-order valence-corrected chi connectivity index (χ4v) is 3.23. The zero-order valence-electron chi connectivity index (χ0n) is 11.8. The van der Waals surface area contributed by atoms with Gasteiger partial charge in [-0.15, -0.1) is 0 Å². The lowest BCUT2D eigenvalue weighted by atomic mass is 10.1. The van der Waals surface area contributed by atoms with E-state index in [9.17, 15) is 13.6 Å². The molecule has 2 saturated heterocycles. The molecule has 21 heavy (non-hydrogen) atoms. The molecule has 1 amide bonds. The summed E-state index contributed by atoms with van der Waals surface area (Å²) in [6.45, 7) is 3.36. The van der Waals surface area contributed by atoms with E-state index in [1.54, 1.807) is 4.90 Å². The molecule has 2 aliphatic rings. The Morgan fingerprint density at radius 3 is 2.57 bits per heavy atom. The summed E-state index contributed by atoms with van der Waals surface area (Å²) < 4.78 is 26.9. The summed E-state index contributed by atoms with van der Waals surface area (Å²) in [5, 5.41) is 0. The molecule has 2 aliphatic heterocycles. The van der Waals surface area contributed by atoms with Gasteiger partial charge in [0.15, 0.2) is 0 Å². The Kier molecular flexibility index (Phi) is 3.80. The van der Waals surface area contributed by atoms with Crippen molar-refractivity contribution in [3.8, 4) is 0 Å². The van der Waals surface area contributed by atoms with E-state index in [0.717, 1.165) is 25.6 Å². The summed E-state index contributed by atoms with van der Waals surface area (Å²) in [6.07, 6.45) is 3.31. The molecule has 114 valence electrons. The summed E-state index contributed by atoms with van der Waals surface area (Å²) in [5.41, 5.74) is 5.09. The first-order valence-corrected chi connectivity index (χ1v) is 7.34. The number of nitrogens with two attached hydrogens (primary N) is 1. The van der Waals surface area contributed by atoms with Crippen LogP contribution in [0.4, 0.5) is 14.5 Å². The maximum Gasteiger partial charge on any atom is 0.256 e. The number of halogens is 2. The number of carbonyl (C=O) groups is 1. The van der Waals surface area contributed by atoms with E-state index in [4.69, 9.17) is 5.73 Å². The van der Waals surface area contributed by atoms with Gasteiger partial charge in [-0.3, -0.25) is 9.69 Å². The summed E-state index contributed by atoms with van der Waals surface area (Å²) >= 11 is 0. The molecule has 0 aromatic heterocycles. The number of anilines is 1. The Morgan fingerprint density at radius 2 is 1.86 bits per heavy atom. The molecule has 0 radical (unpaired) electrons. The summed E-state index contributed by atoms with van der Waals surface area (Å²) in [4.78, 5) is 16.4. The molecule has 0 bridgehead atoms. The van der Waals surface area contributed by atoms with Gasteiger partial charge in [-0.2, -0.15) is 0 Å². The van der Waals surface area contributed by atoms with E-state index in [-0.39, 0.29) is 11.3 Å². The van der Waals surface area contributed by atoms with Gasteiger partial charge in [-0.1, -0.05) is 0 Å². The Balaban J connectivity index is 1.73. The number of rotatable bonds is 2. The van der Waals surface area contributed by atoms with Crippen LogP contribution in [-0.4, -0.2) is 47.9 Å². The lowest BCUT2D eigenvalue weighted by Crippen LogP contribution is -2.37. The maximum absolute atomic E-state index is 13.8. The number of nitrogen functional groups attached to an aromatic ring is 1. The highest BCUT2D eigenvalue weighted by Gasteiger charge is 2.32. The molecule has 1 unspecified atom stereocenters. The number of likely N-dealkylation sites (tertiary alicyclic amines) is 2. The Morgan fingerprint density at radius 1 is 1.14 bits per heavy atom. The van der Waals surface area contributed by atoms with E-state index >= 15 is 0 Å². The predicted octanol–water partition coefficient (Wildman–Crippen LogP) is 1.86. The van der Waals surface area contributed by atoms with Gasteiger partial charge in [0.2, 0.25) is 0 Å². The molecule has 2 fully saturated rings. The largest absolute Gasteiger partial charge is 0.396 e. The molecule has 3 rings (SSSR count). The zero-order chi connectivity index (χ0) is 15.0. The van der Waals surface area contributed by atoms with E-state index in [1.165, 1.54) is 12.8 Å². The fourth-order valence-electron chi connectivity index (χ4n) is 3.23. The van der Waals surface area contributed by atoms with Crippen LogP contribution in [0.15, 0.2) is 12.1 Å². The first kappa shape index (κ1) is 14.3. The van der Waals surface area contributed by atoms with Crippen molar-refractivity contribution in [2.24, 2.45) is 0 Å². The van der Waals surface area contributed by atoms with Gasteiger partial charge in [0.05, 0.1) is 11.3 Å². The number of amides is 1. The summed E-state index contributed by atoms with van der Waals surface area (Å²) in [7, 11) is 0. The first-order chi connectivity index (χ1) is 10.1. The van der Waals surface area contributed by atoms with E-state index < -0.39 is 17.5 Å². The highest BCUT2D eigenvalue weighted by molar-refractivity contribution is 5.95. The average molecular weight is 295 g/mol. The van der Waals surface area contributed by atoms with Crippen molar-refractivity contribution in [1.29, 1.82) is 0 Å². The normalized spacial score (nSPS) is 23.0. The molecule has 0 saturated carbocycles. The number of benzene rings is 1. The molecule has 2 heterocycles. The molecule has 1 aromatic carbocycles. The summed E-state index contributed by atoms with van der Waals surface area (Å²) in [5.74, 6) is -2.09. The fraction of sp³-hybridized carbons (Fsp3) is 0.533. The Labute approximate surface area is 122 Å². The predicted molar refractivity (Wildman–Crippen MR) is 75.9 cm³/mol. The van der Waals surface area contributed by atoms with Crippen LogP contribution in [0.2, 0.25) is 0 Å². The second kappa shape index (κ2) is 5.60. The smallest absolute Gasteiger partial charge is 0.256 e. The van der Waals surface area contributed by atoms with Crippen molar-refractivity contribution in [3.05, 3.63) is 29.3 Å². The van der Waals surface area contributed by atoms with Gasteiger partial charge in [0, 0.05) is 25.2 Å². The van der Waals surface area contributed by atoms with Gasteiger partial charge in [-0.25, -0.2) is 8.78 Å². The molecule has 6 heteroatoms. The quantitative estimate of drug-likeness (QED) is 0.847. The van der Waals surface area contributed by atoms with Gasteiger partial charge in [0.1, 0.15) is 11.6 Å². The summed E-state index contributed by atoms with van der Waals surface area (Å²) in [6, 6.07) is 2.13. The average Bonchev–Trinajstić information content (AvgIpc) is 3.11. The van der Waals surface area contributed by atoms with E-state index in [0.29, 0.717) is 25.2 Å². The second-order valence-electron chi connectivity index (χ2n) is 5.79. The van der Waals surface area contributed by atoms with Crippen LogP contribution < -0.4 is 5.73 Å². The van der Waals surface area contributed by atoms with Crippen LogP contribution in [0.5, 0.6) is 0 Å². The van der Waals surface area contributed by atoms with Crippen molar-refractivity contribution >= 4 is 11.6 Å². The van der Waals surface area contributed by atoms with Crippen LogP contribution in [0, 0.1) is 11.6 Å². The first-order valence-electron chi connectivity index (χ1n) is 7.34.